The number of ether oxygens (including phenoxy) is 1. The zero-order valence-corrected chi connectivity index (χ0v) is 9.57. The summed E-state index contributed by atoms with van der Waals surface area (Å²) in [6.07, 6.45) is 2.63. The van der Waals surface area contributed by atoms with Crippen molar-refractivity contribution >= 4 is 21.9 Å². The van der Waals surface area contributed by atoms with Gasteiger partial charge in [-0.1, -0.05) is 0 Å². The standard InChI is InChI=1S/C8H13BrN4O/c1-14-6-2-5(3-6)4-13-7(9)11-8(10)12-13/h5-6H,2-4H2,1H3,(H2,10,12). The first-order valence-electron chi connectivity index (χ1n) is 4.57. The van der Waals surface area contributed by atoms with Crippen LogP contribution in [-0.2, 0) is 11.3 Å². The highest BCUT2D eigenvalue weighted by Crippen LogP contribution is 2.31. The first kappa shape index (κ1) is 9.92. The predicted molar refractivity (Wildman–Crippen MR) is 55.7 cm³/mol. The summed E-state index contributed by atoms with van der Waals surface area (Å²) in [7, 11) is 1.75. The highest BCUT2D eigenvalue weighted by atomic mass is 79.9. The van der Waals surface area contributed by atoms with E-state index in [2.05, 4.69) is 26.0 Å². The zero-order chi connectivity index (χ0) is 10.1. The van der Waals surface area contributed by atoms with Crippen molar-refractivity contribution in [3.63, 3.8) is 0 Å². The Hall–Kier alpha value is -0.620. The minimum Gasteiger partial charge on any atom is -0.381 e. The number of halogens is 1. The summed E-state index contributed by atoms with van der Waals surface area (Å²) in [6.45, 7) is 0.866. The van der Waals surface area contributed by atoms with Gasteiger partial charge in [0, 0.05) is 13.7 Å². The molecule has 0 aromatic carbocycles. The Morgan fingerprint density at radius 2 is 2.36 bits per heavy atom. The summed E-state index contributed by atoms with van der Waals surface area (Å²) in [5.41, 5.74) is 5.47. The van der Waals surface area contributed by atoms with Gasteiger partial charge in [0.2, 0.25) is 5.95 Å². The third kappa shape index (κ3) is 1.90. The molecule has 0 amide bonds. The fourth-order valence-corrected chi connectivity index (χ4v) is 2.12. The molecule has 1 aromatic rings. The van der Waals surface area contributed by atoms with Gasteiger partial charge in [0.05, 0.1) is 6.10 Å². The molecule has 0 radical (unpaired) electrons. The Labute approximate surface area is 90.8 Å². The molecule has 0 bridgehead atoms. The number of methoxy groups -OCH3 is 1. The fraction of sp³-hybridized carbons (Fsp3) is 0.750. The topological polar surface area (TPSA) is 66.0 Å². The lowest BCUT2D eigenvalue weighted by molar-refractivity contribution is -0.00570. The lowest BCUT2D eigenvalue weighted by Gasteiger charge is -2.33. The van der Waals surface area contributed by atoms with Gasteiger partial charge >= 0.3 is 0 Å². The average molecular weight is 261 g/mol. The van der Waals surface area contributed by atoms with Gasteiger partial charge in [-0.3, -0.25) is 0 Å². The summed E-state index contributed by atoms with van der Waals surface area (Å²) >= 11 is 3.31. The molecule has 2 N–H and O–H groups in total. The number of rotatable bonds is 3. The van der Waals surface area contributed by atoms with Crippen LogP contribution in [-0.4, -0.2) is 28.0 Å². The van der Waals surface area contributed by atoms with E-state index >= 15 is 0 Å². The van der Waals surface area contributed by atoms with Crippen LogP contribution in [0.1, 0.15) is 12.8 Å². The van der Waals surface area contributed by atoms with Gasteiger partial charge in [0.1, 0.15) is 0 Å². The minimum atomic E-state index is 0.319. The van der Waals surface area contributed by atoms with Crippen LogP contribution in [0.5, 0.6) is 0 Å². The van der Waals surface area contributed by atoms with E-state index in [1.54, 1.807) is 11.8 Å². The lowest BCUT2D eigenvalue weighted by atomic mass is 9.82. The molecule has 0 spiro atoms. The number of nitrogen functional groups attached to an aromatic ring is 1. The maximum Gasteiger partial charge on any atom is 0.240 e. The third-order valence-corrected chi connectivity index (χ3v) is 3.19. The van der Waals surface area contributed by atoms with E-state index in [0.29, 0.717) is 22.7 Å². The summed E-state index contributed by atoms with van der Waals surface area (Å²) in [5.74, 6) is 0.955. The molecule has 1 aliphatic carbocycles. The first-order chi connectivity index (χ1) is 6.69. The van der Waals surface area contributed by atoms with E-state index < -0.39 is 0 Å². The molecular weight excluding hydrogens is 248 g/mol. The SMILES string of the molecule is COC1CC(Cn2nc(N)nc2Br)C1. The van der Waals surface area contributed by atoms with Gasteiger partial charge in [0.25, 0.3) is 0 Å². The molecular formula is C8H13BrN4O. The fourth-order valence-electron chi connectivity index (χ4n) is 1.72. The number of nitrogens with zero attached hydrogens (tertiary/aromatic N) is 3. The molecule has 1 fully saturated rings. The highest BCUT2D eigenvalue weighted by Gasteiger charge is 2.29. The maximum atomic E-state index is 5.47. The van der Waals surface area contributed by atoms with Crippen LogP contribution >= 0.6 is 15.9 Å². The van der Waals surface area contributed by atoms with Gasteiger partial charge in [-0.15, -0.1) is 5.10 Å². The summed E-state index contributed by atoms with van der Waals surface area (Å²) in [5, 5.41) is 4.08. The number of hydrogen-bond donors (Lipinski definition) is 1. The van der Waals surface area contributed by atoms with Crippen molar-refractivity contribution in [1.82, 2.24) is 14.8 Å². The molecule has 1 aromatic heterocycles. The van der Waals surface area contributed by atoms with E-state index in [4.69, 9.17) is 10.5 Å². The largest absolute Gasteiger partial charge is 0.381 e. The van der Waals surface area contributed by atoms with Crippen LogP contribution in [0.2, 0.25) is 0 Å². The first-order valence-corrected chi connectivity index (χ1v) is 5.37. The maximum absolute atomic E-state index is 5.47. The molecule has 6 heteroatoms. The highest BCUT2D eigenvalue weighted by molar-refractivity contribution is 9.10. The van der Waals surface area contributed by atoms with E-state index in [0.717, 1.165) is 19.4 Å². The van der Waals surface area contributed by atoms with Crippen molar-refractivity contribution in [2.75, 3.05) is 12.8 Å². The van der Waals surface area contributed by atoms with Crippen LogP contribution in [0.25, 0.3) is 0 Å². The number of hydrogen-bond acceptors (Lipinski definition) is 4. The van der Waals surface area contributed by atoms with Gasteiger partial charge in [-0.05, 0) is 34.7 Å². The van der Waals surface area contributed by atoms with Crippen LogP contribution in [0, 0.1) is 5.92 Å². The van der Waals surface area contributed by atoms with Crippen molar-refractivity contribution in [2.45, 2.75) is 25.5 Å². The van der Waals surface area contributed by atoms with Crippen LogP contribution in [0.15, 0.2) is 4.73 Å². The minimum absolute atomic E-state index is 0.319. The second kappa shape index (κ2) is 3.86. The molecule has 1 aliphatic rings. The number of nitrogens with two attached hydrogens (primary N) is 1. The summed E-state index contributed by atoms with van der Waals surface area (Å²) in [6, 6.07) is 0. The van der Waals surface area contributed by atoms with E-state index in [9.17, 15) is 0 Å². The van der Waals surface area contributed by atoms with Gasteiger partial charge < -0.3 is 10.5 Å². The van der Waals surface area contributed by atoms with E-state index in [-0.39, 0.29) is 0 Å². The van der Waals surface area contributed by atoms with E-state index in [1.807, 2.05) is 0 Å². The molecule has 0 aliphatic heterocycles. The van der Waals surface area contributed by atoms with Crippen molar-refractivity contribution < 1.29 is 4.74 Å². The lowest BCUT2D eigenvalue weighted by Crippen LogP contribution is -2.33. The Bertz CT molecular complexity index is 321. The second-order valence-corrected chi connectivity index (χ2v) is 4.33. The monoisotopic (exact) mass is 260 g/mol. The normalized spacial score (nSPS) is 26.1. The number of anilines is 1. The van der Waals surface area contributed by atoms with E-state index in [1.165, 1.54) is 0 Å². The van der Waals surface area contributed by atoms with Gasteiger partial charge in [-0.2, -0.15) is 4.98 Å². The van der Waals surface area contributed by atoms with Crippen molar-refractivity contribution in [3.8, 4) is 0 Å². The smallest absolute Gasteiger partial charge is 0.240 e. The average Bonchev–Trinajstić information content (AvgIpc) is 2.37. The Kier molecular flexibility index (Phi) is 2.73. The summed E-state index contributed by atoms with van der Waals surface area (Å²) in [4.78, 5) is 3.98. The predicted octanol–water partition coefficient (Wildman–Crippen LogP) is 1.05. The van der Waals surface area contributed by atoms with Crippen molar-refractivity contribution in [2.24, 2.45) is 5.92 Å². The van der Waals surface area contributed by atoms with Crippen LogP contribution in [0.4, 0.5) is 5.95 Å². The van der Waals surface area contributed by atoms with Crippen molar-refractivity contribution in [3.05, 3.63) is 4.73 Å². The Morgan fingerprint density at radius 1 is 1.64 bits per heavy atom. The molecule has 0 unspecified atom stereocenters. The zero-order valence-electron chi connectivity index (χ0n) is 7.98. The van der Waals surface area contributed by atoms with Crippen molar-refractivity contribution in [1.29, 1.82) is 0 Å². The Morgan fingerprint density at radius 3 is 2.86 bits per heavy atom. The molecule has 78 valence electrons. The van der Waals surface area contributed by atoms with Gasteiger partial charge in [0.15, 0.2) is 4.73 Å². The third-order valence-electron chi connectivity index (χ3n) is 2.60. The molecule has 2 rings (SSSR count). The van der Waals surface area contributed by atoms with Gasteiger partial charge in [-0.25, -0.2) is 4.68 Å². The molecule has 1 saturated carbocycles. The summed E-state index contributed by atoms with van der Waals surface area (Å²) < 4.78 is 7.71. The molecule has 14 heavy (non-hydrogen) atoms. The quantitative estimate of drug-likeness (QED) is 0.883. The Balaban J connectivity index is 1.90. The van der Waals surface area contributed by atoms with Crippen LogP contribution in [0.3, 0.4) is 0 Å². The molecule has 1 heterocycles. The molecule has 5 nitrogen and oxygen atoms in total. The second-order valence-electron chi connectivity index (χ2n) is 3.62. The van der Waals surface area contributed by atoms with Crippen LogP contribution < -0.4 is 5.73 Å². The number of aromatic nitrogens is 3. The molecule has 0 atom stereocenters. The molecule has 0 saturated heterocycles.